The van der Waals surface area contributed by atoms with Gasteiger partial charge in [-0.25, -0.2) is 4.79 Å². The Hall–Kier alpha value is -1.35. The minimum atomic E-state index is -0.921. The van der Waals surface area contributed by atoms with Crippen LogP contribution < -0.4 is 29.6 Å². The molecule has 0 saturated heterocycles. The van der Waals surface area contributed by atoms with E-state index >= 15 is 0 Å². The second kappa shape index (κ2) is 7.29. The van der Waals surface area contributed by atoms with Crippen molar-refractivity contribution in [3.05, 3.63) is 65.8 Å². The summed E-state index contributed by atoms with van der Waals surface area (Å²) in [6, 6.07) is 14.3. The molecule has 19 heavy (non-hydrogen) atoms. The molecule has 3 heteroatoms. The van der Waals surface area contributed by atoms with Crippen molar-refractivity contribution in [1.82, 2.24) is 0 Å². The second-order valence-corrected chi connectivity index (χ2v) is 4.17. The Kier molecular flexibility index (Phi) is 6.03. The summed E-state index contributed by atoms with van der Waals surface area (Å²) in [5.74, 6) is -0.921. The first-order valence-electron chi connectivity index (χ1n) is 5.73. The molecule has 2 rings (SSSR count). The van der Waals surface area contributed by atoms with Crippen LogP contribution in [0.25, 0.3) is 16.8 Å². The van der Waals surface area contributed by atoms with E-state index in [-0.39, 0.29) is 29.6 Å². The van der Waals surface area contributed by atoms with E-state index in [1.54, 1.807) is 13.0 Å². The van der Waals surface area contributed by atoms with Crippen molar-refractivity contribution in [2.24, 2.45) is 0 Å². The van der Waals surface area contributed by atoms with Gasteiger partial charge in [-0.3, -0.25) is 0 Å². The minimum Gasteiger partial charge on any atom is -0.478 e. The van der Waals surface area contributed by atoms with E-state index in [1.807, 2.05) is 24.3 Å². The van der Waals surface area contributed by atoms with Crippen molar-refractivity contribution in [2.45, 2.75) is 6.92 Å². The average Bonchev–Trinajstić information content (AvgIpc) is 2.35. The molecule has 0 fully saturated rings. The van der Waals surface area contributed by atoms with Gasteiger partial charge in [0, 0.05) is 6.08 Å². The molecule has 2 aromatic rings. The van der Waals surface area contributed by atoms with Crippen LogP contribution in [-0.2, 0) is 4.79 Å². The molecular weight excluding hydrogens is 247 g/mol. The number of carboxylic acid groups (broad SMARTS) is 1. The molecule has 2 nitrogen and oxygen atoms in total. The summed E-state index contributed by atoms with van der Waals surface area (Å²) in [5, 5.41) is 11.0. The maximum absolute atomic E-state index is 10.5. The van der Waals surface area contributed by atoms with Crippen LogP contribution in [0.5, 0.6) is 0 Å². The van der Waals surface area contributed by atoms with Gasteiger partial charge in [0.1, 0.15) is 0 Å². The van der Waals surface area contributed by atoms with E-state index in [2.05, 4.69) is 24.3 Å². The number of allylic oxidation sites excluding steroid dienone is 2. The Morgan fingerprint density at radius 1 is 1.11 bits per heavy atom. The van der Waals surface area contributed by atoms with Crippen LogP contribution in [0.15, 0.2) is 60.2 Å². The summed E-state index contributed by atoms with van der Waals surface area (Å²) in [6.45, 7) is 1.77. The topological polar surface area (TPSA) is 37.3 Å². The quantitative estimate of drug-likeness (QED) is 0.506. The van der Waals surface area contributed by atoms with Gasteiger partial charge in [0.2, 0.25) is 0 Å². The first-order chi connectivity index (χ1) is 8.65. The predicted octanol–water partition coefficient (Wildman–Crippen LogP) is 0.888. The van der Waals surface area contributed by atoms with Crippen LogP contribution in [0.1, 0.15) is 12.5 Å². The molecule has 1 N–H and O–H groups in total. The third-order valence-electron chi connectivity index (χ3n) is 2.66. The van der Waals surface area contributed by atoms with Gasteiger partial charge in [0.05, 0.1) is 0 Å². The number of aliphatic carboxylic acids is 1. The molecule has 0 saturated carbocycles. The first-order valence-corrected chi connectivity index (χ1v) is 5.73. The molecule has 0 aromatic heterocycles. The van der Waals surface area contributed by atoms with Gasteiger partial charge in [0.25, 0.3) is 0 Å². The summed E-state index contributed by atoms with van der Waals surface area (Å²) in [6.07, 6.45) is 4.91. The fourth-order valence-corrected chi connectivity index (χ4v) is 1.78. The standard InChI is InChI=1S/C16H14O2.Na/c1-12(10-16(17)18)6-7-13-8-9-14-4-2-3-5-15(14)11-13;/h2-11H,1H3,(H,17,18);/q;+1/b7-6+,12-10+;. The van der Waals surface area contributed by atoms with Crippen molar-refractivity contribution in [3.63, 3.8) is 0 Å². The van der Waals surface area contributed by atoms with Crippen molar-refractivity contribution < 1.29 is 39.5 Å². The Morgan fingerprint density at radius 2 is 1.79 bits per heavy atom. The van der Waals surface area contributed by atoms with E-state index in [9.17, 15) is 4.79 Å². The molecule has 0 heterocycles. The van der Waals surface area contributed by atoms with Crippen molar-refractivity contribution in [1.29, 1.82) is 0 Å². The molecule has 2 aromatic carbocycles. The molecule has 0 unspecified atom stereocenters. The number of hydrogen-bond donors (Lipinski definition) is 1. The third-order valence-corrected chi connectivity index (χ3v) is 2.66. The maximum Gasteiger partial charge on any atom is 1.00 e. The maximum atomic E-state index is 10.5. The van der Waals surface area contributed by atoms with E-state index in [1.165, 1.54) is 16.8 Å². The van der Waals surface area contributed by atoms with Crippen LogP contribution in [0, 0.1) is 0 Å². The SMILES string of the molecule is CC(/C=C/c1ccc2ccccc2c1)=C\C(=O)O.[Na+]. The van der Waals surface area contributed by atoms with Gasteiger partial charge in [-0.15, -0.1) is 0 Å². The van der Waals surface area contributed by atoms with E-state index in [0.717, 1.165) is 11.1 Å². The molecule has 0 amide bonds. The number of benzene rings is 2. The van der Waals surface area contributed by atoms with Crippen LogP contribution in [0.2, 0.25) is 0 Å². The van der Waals surface area contributed by atoms with Gasteiger partial charge in [-0.05, 0) is 34.9 Å². The fourth-order valence-electron chi connectivity index (χ4n) is 1.78. The fraction of sp³-hybridized carbons (Fsp3) is 0.0625. The summed E-state index contributed by atoms with van der Waals surface area (Å²) in [4.78, 5) is 10.5. The molecular formula is C16H14NaO2+. The number of carbonyl (C=O) groups is 1. The van der Waals surface area contributed by atoms with Crippen LogP contribution in [-0.4, -0.2) is 11.1 Å². The zero-order valence-electron chi connectivity index (χ0n) is 11.1. The van der Waals surface area contributed by atoms with Gasteiger partial charge >= 0.3 is 35.5 Å². The van der Waals surface area contributed by atoms with Gasteiger partial charge in [-0.1, -0.05) is 48.6 Å². The first kappa shape index (κ1) is 15.7. The normalized spacial score (nSPS) is 11.5. The molecule has 0 aliphatic carbocycles. The number of carboxylic acids is 1. The zero-order valence-corrected chi connectivity index (χ0v) is 13.1. The zero-order chi connectivity index (χ0) is 13.0. The van der Waals surface area contributed by atoms with Crippen molar-refractivity contribution in [2.75, 3.05) is 0 Å². The molecule has 0 aliphatic rings. The van der Waals surface area contributed by atoms with Crippen LogP contribution >= 0.6 is 0 Å². The van der Waals surface area contributed by atoms with Crippen LogP contribution in [0.3, 0.4) is 0 Å². The predicted molar refractivity (Wildman–Crippen MR) is 74.4 cm³/mol. The minimum absolute atomic E-state index is 0. The number of hydrogen-bond acceptors (Lipinski definition) is 1. The third kappa shape index (κ3) is 4.67. The monoisotopic (exact) mass is 261 g/mol. The van der Waals surface area contributed by atoms with E-state index in [0.29, 0.717) is 0 Å². The molecule has 0 bridgehead atoms. The van der Waals surface area contributed by atoms with Gasteiger partial charge < -0.3 is 5.11 Å². The summed E-state index contributed by atoms with van der Waals surface area (Å²) < 4.78 is 0. The van der Waals surface area contributed by atoms with E-state index in [4.69, 9.17) is 5.11 Å². The largest absolute Gasteiger partial charge is 1.00 e. The Labute approximate surface area is 134 Å². The Bertz CT molecular complexity index is 642. The molecule has 0 radical (unpaired) electrons. The molecule has 0 spiro atoms. The summed E-state index contributed by atoms with van der Waals surface area (Å²) >= 11 is 0. The number of rotatable bonds is 3. The molecule has 0 aliphatic heterocycles. The second-order valence-electron chi connectivity index (χ2n) is 4.17. The molecule has 0 atom stereocenters. The Balaban J connectivity index is 0.00000180. The van der Waals surface area contributed by atoms with Gasteiger partial charge in [-0.2, -0.15) is 0 Å². The molecule has 90 valence electrons. The summed E-state index contributed by atoms with van der Waals surface area (Å²) in [5.41, 5.74) is 1.78. The number of fused-ring (bicyclic) bond motifs is 1. The van der Waals surface area contributed by atoms with Gasteiger partial charge in [0.15, 0.2) is 0 Å². The average molecular weight is 261 g/mol. The van der Waals surface area contributed by atoms with Crippen molar-refractivity contribution in [3.8, 4) is 0 Å². The van der Waals surface area contributed by atoms with Crippen LogP contribution in [0.4, 0.5) is 0 Å². The van der Waals surface area contributed by atoms with E-state index < -0.39 is 5.97 Å². The smallest absolute Gasteiger partial charge is 0.478 e. The Morgan fingerprint density at radius 3 is 2.47 bits per heavy atom. The summed E-state index contributed by atoms with van der Waals surface area (Å²) in [7, 11) is 0. The van der Waals surface area contributed by atoms with Crippen molar-refractivity contribution >= 4 is 22.8 Å².